The molecule has 0 aromatic heterocycles. The van der Waals surface area contributed by atoms with Gasteiger partial charge in [-0.05, 0) is 39.0 Å². The predicted octanol–water partition coefficient (Wildman–Crippen LogP) is 2.92. The molecule has 0 aliphatic rings. The molecule has 0 radical (unpaired) electrons. The Balaban J connectivity index is 3.33. The van der Waals surface area contributed by atoms with Crippen LogP contribution in [0.3, 0.4) is 0 Å². The van der Waals surface area contributed by atoms with E-state index >= 15 is 0 Å². The summed E-state index contributed by atoms with van der Waals surface area (Å²) in [7, 11) is 0. The Morgan fingerprint density at radius 3 is 2.53 bits per heavy atom. The average molecular weight is 350 g/mol. The van der Waals surface area contributed by atoms with Gasteiger partial charge in [0.05, 0.1) is 0 Å². The number of rotatable bonds is 3. The Bertz CT molecular complexity index is 528. The standard InChI is InChI=1S/C12H13BrFNO3S/c1-12(2,3)19(18)15-10(11(16)17)8-6-7(13)4-5-9(8)14/h4-6H,1-3H3,(H,16,17). The largest absolute Gasteiger partial charge is 0.591 e. The van der Waals surface area contributed by atoms with Crippen LogP contribution in [0.5, 0.6) is 0 Å². The minimum atomic E-state index is -1.78. The van der Waals surface area contributed by atoms with E-state index in [9.17, 15) is 13.7 Å². The molecule has 7 heteroatoms. The summed E-state index contributed by atoms with van der Waals surface area (Å²) in [6, 6.07) is 3.86. The summed E-state index contributed by atoms with van der Waals surface area (Å²) < 4.78 is 29.0. The second-order valence-electron chi connectivity index (χ2n) is 4.73. The van der Waals surface area contributed by atoms with Gasteiger partial charge < -0.3 is 9.66 Å². The van der Waals surface area contributed by atoms with Gasteiger partial charge in [0.2, 0.25) is 5.71 Å². The maximum absolute atomic E-state index is 13.7. The lowest BCUT2D eigenvalue weighted by Crippen LogP contribution is -2.29. The first-order valence-electron chi connectivity index (χ1n) is 5.32. The van der Waals surface area contributed by atoms with E-state index in [1.54, 1.807) is 20.8 Å². The van der Waals surface area contributed by atoms with Gasteiger partial charge in [0.25, 0.3) is 0 Å². The first kappa shape index (κ1) is 16.1. The van der Waals surface area contributed by atoms with E-state index in [-0.39, 0.29) is 5.56 Å². The summed E-state index contributed by atoms with van der Waals surface area (Å²) in [6.45, 7) is 4.97. The maximum Gasteiger partial charge on any atom is 0.359 e. The van der Waals surface area contributed by atoms with Crippen LogP contribution in [0.2, 0.25) is 0 Å². The molecule has 19 heavy (non-hydrogen) atoms. The summed E-state index contributed by atoms with van der Waals surface area (Å²) in [5.41, 5.74) is -0.744. The molecule has 0 aliphatic carbocycles. The Labute approximate surface area is 122 Å². The normalized spacial score (nSPS) is 14.3. The first-order chi connectivity index (χ1) is 8.62. The monoisotopic (exact) mass is 349 g/mol. The van der Waals surface area contributed by atoms with Crippen molar-refractivity contribution in [2.75, 3.05) is 0 Å². The quantitative estimate of drug-likeness (QED) is 0.673. The van der Waals surface area contributed by atoms with Crippen molar-refractivity contribution >= 4 is 39.0 Å². The number of carboxylic acid groups (broad SMARTS) is 1. The summed E-state index contributed by atoms with van der Waals surface area (Å²) in [5.74, 6) is -2.15. The molecule has 0 saturated heterocycles. The molecule has 1 unspecified atom stereocenters. The number of aliphatic carboxylic acids is 1. The highest BCUT2D eigenvalue weighted by atomic mass is 79.9. The minimum absolute atomic E-state index is 0.195. The van der Waals surface area contributed by atoms with Gasteiger partial charge in [-0.15, -0.1) is 0 Å². The van der Waals surface area contributed by atoms with E-state index in [1.165, 1.54) is 12.1 Å². The summed E-state index contributed by atoms with van der Waals surface area (Å²) in [4.78, 5) is 11.2. The van der Waals surface area contributed by atoms with E-state index in [0.717, 1.165) is 6.07 Å². The van der Waals surface area contributed by atoms with E-state index < -0.39 is 33.6 Å². The number of carbonyl (C=O) groups is 1. The van der Waals surface area contributed by atoms with Crippen LogP contribution in [0.25, 0.3) is 0 Å². The van der Waals surface area contributed by atoms with Gasteiger partial charge in [-0.1, -0.05) is 20.3 Å². The van der Waals surface area contributed by atoms with Gasteiger partial charge in [-0.25, -0.2) is 9.18 Å². The Hall–Kier alpha value is -0.920. The van der Waals surface area contributed by atoms with Crippen molar-refractivity contribution in [3.8, 4) is 0 Å². The highest BCUT2D eigenvalue weighted by Gasteiger charge is 2.30. The molecular formula is C12H13BrFNO3S. The zero-order valence-electron chi connectivity index (χ0n) is 10.6. The van der Waals surface area contributed by atoms with Crippen molar-refractivity contribution in [3.63, 3.8) is 0 Å². The molecule has 0 aliphatic heterocycles. The van der Waals surface area contributed by atoms with Crippen LogP contribution in [0, 0.1) is 5.82 Å². The third-order valence-electron chi connectivity index (χ3n) is 2.08. The van der Waals surface area contributed by atoms with Crippen LogP contribution < -0.4 is 0 Å². The number of nitrogens with zero attached hydrogens (tertiary/aromatic N) is 1. The summed E-state index contributed by atoms with van der Waals surface area (Å²) in [6.07, 6.45) is 0. The number of hydrogen-bond acceptors (Lipinski definition) is 3. The molecule has 4 nitrogen and oxygen atoms in total. The van der Waals surface area contributed by atoms with Gasteiger partial charge in [-0.2, -0.15) is 0 Å². The molecule has 1 N–H and O–H groups in total. The fourth-order valence-electron chi connectivity index (χ4n) is 1.10. The fraction of sp³-hybridized carbons (Fsp3) is 0.333. The van der Waals surface area contributed by atoms with Gasteiger partial charge >= 0.3 is 5.97 Å². The third kappa shape index (κ3) is 4.29. The lowest BCUT2D eigenvalue weighted by Gasteiger charge is -2.18. The molecule has 1 aromatic carbocycles. The SMILES string of the molecule is CC(C)(C)[S+]([O-])N=C(C(=O)O)c1cc(Br)ccc1F. The lowest BCUT2D eigenvalue weighted by molar-refractivity contribution is -0.129. The zero-order chi connectivity index (χ0) is 14.8. The molecule has 1 rings (SSSR count). The van der Waals surface area contributed by atoms with Crippen molar-refractivity contribution in [2.45, 2.75) is 25.5 Å². The van der Waals surface area contributed by atoms with Crippen molar-refractivity contribution in [1.82, 2.24) is 0 Å². The Kier molecular flexibility index (Phi) is 5.11. The third-order valence-corrected chi connectivity index (χ3v) is 3.97. The second kappa shape index (κ2) is 6.02. The Morgan fingerprint density at radius 2 is 2.05 bits per heavy atom. The first-order valence-corrected chi connectivity index (χ1v) is 7.22. The van der Waals surface area contributed by atoms with Gasteiger partial charge in [0.15, 0.2) is 0 Å². The van der Waals surface area contributed by atoms with Gasteiger partial charge in [-0.3, -0.25) is 0 Å². The molecular weight excluding hydrogens is 337 g/mol. The fourth-order valence-corrected chi connectivity index (χ4v) is 2.08. The minimum Gasteiger partial charge on any atom is -0.591 e. The molecule has 1 aromatic rings. The molecule has 0 spiro atoms. The van der Waals surface area contributed by atoms with E-state index in [0.29, 0.717) is 4.47 Å². The van der Waals surface area contributed by atoms with Crippen molar-refractivity contribution in [1.29, 1.82) is 0 Å². The average Bonchev–Trinajstić information content (AvgIpc) is 2.27. The van der Waals surface area contributed by atoms with Crippen molar-refractivity contribution in [3.05, 3.63) is 34.1 Å². The second-order valence-corrected chi connectivity index (χ2v) is 7.55. The van der Waals surface area contributed by atoms with Crippen LogP contribution in [0.4, 0.5) is 4.39 Å². The van der Waals surface area contributed by atoms with Crippen LogP contribution in [0.1, 0.15) is 26.3 Å². The zero-order valence-corrected chi connectivity index (χ0v) is 13.0. The molecule has 1 atom stereocenters. The number of halogens is 2. The molecule has 0 bridgehead atoms. The lowest BCUT2D eigenvalue weighted by atomic mass is 10.1. The van der Waals surface area contributed by atoms with Crippen LogP contribution in [0.15, 0.2) is 27.1 Å². The molecule has 104 valence electrons. The van der Waals surface area contributed by atoms with Crippen molar-refractivity contribution in [2.24, 2.45) is 4.40 Å². The highest BCUT2D eigenvalue weighted by Crippen LogP contribution is 2.21. The Morgan fingerprint density at radius 1 is 1.47 bits per heavy atom. The van der Waals surface area contributed by atoms with Gasteiger partial charge in [0.1, 0.15) is 21.9 Å². The molecule has 0 amide bonds. The summed E-state index contributed by atoms with van der Waals surface area (Å²) >= 11 is 1.35. The van der Waals surface area contributed by atoms with Crippen LogP contribution in [-0.4, -0.2) is 26.1 Å². The van der Waals surface area contributed by atoms with Crippen molar-refractivity contribution < 1.29 is 18.8 Å². The van der Waals surface area contributed by atoms with E-state index in [1.807, 2.05) is 0 Å². The maximum atomic E-state index is 13.7. The smallest absolute Gasteiger partial charge is 0.359 e. The van der Waals surface area contributed by atoms with Crippen LogP contribution in [-0.2, 0) is 16.2 Å². The van der Waals surface area contributed by atoms with E-state index in [2.05, 4.69) is 20.3 Å². The molecule has 0 fully saturated rings. The number of benzene rings is 1. The highest BCUT2D eigenvalue weighted by molar-refractivity contribution is 9.10. The molecule has 0 heterocycles. The predicted molar refractivity (Wildman–Crippen MR) is 76.2 cm³/mol. The number of hydrogen-bond donors (Lipinski definition) is 1. The molecule has 0 saturated carbocycles. The van der Waals surface area contributed by atoms with E-state index in [4.69, 9.17) is 5.11 Å². The topological polar surface area (TPSA) is 72.7 Å². The van der Waals surface area contributed by atoms with Gasteiger partial charge in [0, 0.05) is 10.0 Å². The van der Waals surface area contributed by atoms with Crippen LogP contribution >= 0.6 is 15.9 Å². The summed E-state index contributed by atoms with van der Waals surface area (Å²) in [5, 5.41) is 9.11. The number of carboxylic acids is 1.